The summed E-state index contributed by atoms with van der Waals surface area (Å²) in [5.41, 5.74) is 4.27. The zero-order valence-electron chi connectivity index (χ0n) is 17.2. The number of benzene rings is 2. The van der Waals surface area contributed by atoms with Crippen molar-refractivity contribution in [3.05, 3.63) is 70.5 Å². The molecule has 3 N–H and O–H groups in total. The number of aromatic amines is 1. The van der Waals surface area contributed by atoms with Crippen molar-refractivity contribution in [2.45, 2.75) is 11.3 Å². The lowest BCUT2D eigenvalue weighted by molar-refractivity contribution is 0.0603. The number of para-hydroxylation sites is 1. The Hall–Kier alpha value is -3.10. The lowest BCUT2D eigenvalue weighted by Crippen LogP contribution is -2.05. The number of thiophene rings is 1. The molecule has 0 saturated carbocycles. The minimum absolute atomic E-state index is 0.332. The van der Waals surface area contributed by atoms with Crippen LogP contribution in [0.15, 0.2) is 65.0 Å². The second-order valence-electron chi connectivity index (χ2n) is 6.76. The summed E-state index contributed by atoms with van der Waals surface area (Å²) in [6, 6.07) is 16.2. The maximum atomic E-state index is 11.8. The van der Waals surface area contributed by atoms with Gasteiger partial charge in [0.1, 0.15) is 10.6 Å². The first-order valence-electron chi connectivity index (χ1n) is 9.75. The molecular weight excluding hydrogens is 430 g/mol. The largest absolute Gasteiger partial charge is 0.494 e. The van der Waals surface area contributed by atoms with Crippen LogP contribution in [0.1, 0.15) is 15.2 Å². The topological polar surface area (TPSA) is 75.4 Å². The Morgan fingerprint density at radius 3 is 2.87 bits per heavy atom. The third-order valence-electron chi connectivity index (χ3n) is 4.87. The van der Waals surface area contributed by atoms with E-state index in [1.165, 1.54) is 41.3 Å². The number of hydrogen-bond acceptors (Lipinski definition) is 7. The normalized spacial score (nSPS) is 10.8. The summed E-state index contributed by atoms with van der Waals surface area (Å²) in [6.07, 6.45) is 2.99. The van der Waals surface area contributed by atoms with Gasteiger partial charge in [0, 0.05) is 35.4 Å². The molecule has 2 aromatic heterocycles. The van der Waals surface area contributed by atoms with Gasteiger partial charge in [0.2, 0.25) is 0 Å². The van der Waals surface area contributed by atoms with E-state index in [9.17, 15) is 4.79 Å². The van der Waals surface area contributed by atoms with Gasteiger partial charge in [-0.15, -0.1) is 11.3 Å². The fourth-order valence-electron chi connectivity index (χ4n) is 3.29. The van der Waals surface area contributed by atoms with Crippen LogP contribution in [0.3, 0.4) is 0 Å². The molecule has 2 heterocycles. The van der Waals surface area contributed by atoms with E-state index in [0.717, 1.165) is 40.5 Å². The van der Waals surface area contributed by atoms with Gasteiger partial charge in [-0.3, -0.25) is 0 Å². The summed E-state index contributed by atoms with van der Waals surface area (Å²) < 4.78 is 13.7. The van der Waals surface area contributed by atoms with Gasteiger partial charge in [-0.2, -0.15) is 0 Å². The summed E-state index contributed by atoms with van der Waals surface area (Å²) in [6.45, 7) is 0.809. The number of esters is 1. The summed E-state index contributed by atoms with van der Waals surface area (Å²) in [5.74, 6) is 0.389. The molecule has 0 radical (unpaired) electrons. The average molecular weight is 454 g/mol. The lowest BCUT2D eigenvalue weighted by Gasteiger charge is -2.13. The molecule has 2 aromatic carbocycles. The minimum Gasteiger partial charge on any atom is -0.494 e. The molecule has 4 aromatic rings. The van der Waals surface area contributed by atoms with Crippen molar-refractivity contribution in [3.8, 4) is 5.75 Å². The highest BCUT2D eigenvalue weighted by atomic mass is 32.2. The van der Waals surface area contributed by atoms with E-state index in [1.807, 2.05) is 35.7 Å². The molecule has 6 nitrogen and oxygen atoms in total. The van der Waals surface area contributed by atoms with E-state index < -0.39 is 0 Å². The second-order valence-corrected chi connectivity index (χ2v) is 8.53. The fraction of sp³-hybridized carbons (Fsp3) is 0.174. The van der Waals surface area contributed by atoms with Crippen LogP contribution in [0.4, 0.5) is 11.4 Å². The van der Waals surface area contributed by atoms with Crippen LogP contribution >= 0.6 is 23.3 Å². The molecule has 0 aliphatic heterocycles. The van der Waals surface area contributed by atoms with Gasteiger partial charge in [0.25, 0.3) is 0 Å². The molecule has 0 bridgehead atoms. The molecule has 0 amide bonds. The lowest BCUT2D eigenvalue weighted by atomic mass is 10.1. The highest BCUT2D eigenvalue weighted by Gasteiger charge is 2.15. The number of nitrogens with one attached hydrogen (secondary N) is 3. The number of methoxy groups -OCH3 is 2. The Bertz CT molecular complexity index is 1190. The SMILES string of the molecule is COC(=O)c1sccc1SNc1ccc(NCCc2c[nH]c3ccccc23)cc1OC. The minimum atomic E-state index is -0.332. The highest BCUT2D eigenvalue weighted by Crippen LogP contribution is 2.34. The van der Waals surface area contributed by atoms with Gasteiger partial charge in [-0.25, -0.2) is 4.79 Å². The summed E-state index contributed by atoms with van der Waals surface area (Å²) in [4.78, 5) is 16.6. The zero-order valence-corrected chi connectivity index (χ0v) is 18.9. The number of aromatic nitrogens is 1. The Balaban J connectivity index is 1.37. The van der Waals surface area contributed by atoms with Gasteiger partial charge in [-0.05, 0) is 53.6 Å². The van der Waals surface area contributed by atoms with E-state index in [1.54, 1.807) is 7.11 Å². The van der Waals surface area contributed by atoms with E-state index in [0.29, 0.717) is 4.88 Å². The third-order valence-corrected chi connectivity index (χ3v) is 6.78. The van der Waals surface area contributed by atoms with Crippen LogP contribution < -0.4 is 14.8 Å². The summed E-state index contributed by atoms with van der Waals surface area (Å²) in [5, 5.41) is 6.59. The van der Waals surface area contributed by atoms with Crippen LogP contribution in [0.5, 0.6) is 5.75 Å². The smallest absolute Gasteiger partial charge is 0.349 e. The van der Waals surface area contributed by atoms with Crippen molar-refractivity contribution >= 4 is 51.5 Å². The molecule has 0 fully saturated rings. The molecule has 0 aliphatic carbocycles. The second kappa shape index (κ2) is 9.80. The number of carbonyl (C=O) groups is 1. The van der Waals surface area contributed by atoms with Crippen LogP contribution in [-0.2, 0) is 11.2 Å². The quantitative estimate of drug-likeness (QED) is 0.220. The number of H-pyrrole nitrogens is 1. The molecule has 0 saturated heterocycles. The molecule has 8 heteroatoms. The van der Waals surface area contributed by atoms with Crippen molar-refractivity contribution < 1.29 is 14.3 Å². The highest BCUT2D eigenvalue weighted by molar-refractivity contribution is 8.00. The van der Waals surface area contributed by atoms with Gasteiger partial charge in [0.05, 0.1) is 24.8 Å². The maximum absolute atomic E-state index is 11.8. The van der Waals surface area contributed by atoms with Crippen molar-refractivity contribution in [1.29, 1.82) is 0 Å². The Labute approximate surface area is 189 Å². The van der Waals surface area contributed by atoms with Crippen LogP contribution in [0, 0.1) is 0 Å². The van der Waals surface area contributed by atoms with Crippen molar-refractivity contribution in [1.82, 2.24) is 4.98 Å². The Kier molecular flexibility index (Phi) is 6.69. The van der Waals surface area contributed by atoms with E-state index in [4.69, 9.17) is 9.47 Å². The molecule has 160 valence electrons. The molecule has 0 atom stereocenters. The van der Waals surface area contributed by atoms with Crippen molar-refractivity contribution in [3.63, 3.8) is 0 Å². The third kappa shape index (κ3) is 4.81. The Morgan fingerprint density at radius 1 is 1.16 bits per heavy atom. The number of carbonyl (C=O) groups excluding carboxylic acids is 1. The molecule has 0 unspecified atom stereocenters. The molecule has 0 spiro atoms. The van der Waals surface area contributed by atoms with Crippen LogP contribution in [-0.4, -0.2) is 31.7 Å². The van der Waals surface area contributed by atoms with E-state index >= 15 is 0 Å². The van der Waals surface area contributed by atoms with Gasteiger partial charge in [0.15, 0.2) is 0 Å². The maximum Gasteiger partial charge on any atom is 0.349 e. The molecule has 31 heavy (non-hydrogen) atoms. The van der Waals surface area contributed by atoms with Crippen molar-refractivity contribution in [2.75, 3.05) is 30.8 Å². The number of rotatable bonds is 9. The zero-order chi connectivity index (χ0) is 21.6. The summed E-state index contributed by atoms with van der Waals surface area (Å²) >= 11 is 2.72. The Morgan fingerprint density at radius 2 is 2.03 bits per heavy atom. The number of ether oxygens (including phenoxy) is 2. The number of anilines is 2. The molecule has 4 rings (SSSR count). The van der Waals surface area contributed by atoms with Gasteiger partial charge in [-0.1, -0.05) is 18.2 Å². The van der Waals surface area contributed by atoms with Gasteiger partial charge >= 0.3 is 5.97 Å². The number of fused-ring (bicyclic) bond motifs is 1. The van der Waals surface area contributed by atoms with Crippen LogP contribution in [0.25, 0.3) is 10.9 Å². The standard InChI is InChI=1S/C23H23N3O3S2/c1-28-20-13-16(24-11-9-15-14-25-18-6-4-3-5-17(15)18)7-8-19(20)26-31-21-10-12-30-22(21)23(27)29-2/h3-8,10,12-14,24-26H,9,11H2,1-2H3. The molecular formula is C23H23N3O3S2. The molecule has 0 aliphatic rings. The first kappa shape index (κ1) is 21.1. The predicted molar refractivity (Wildman–Crippen MR) is 129 cm³/mol. The fourth-order valence-corrected chi connectivity index (χ4v) is 5.05. The van der Waals surface area contributed by atoms with Crippen LogP contribution in [0.2, 0.25) is 0 Å². The predicted octanol–water partition coefficient (Wildman–Crippen LogP) is 5.80. The first-order valence-corrected chi connectivity index (χ1v) is 11.4. The van der Waals surface area contributed by atoms with Crippen molar-refractivity contribution in [2.24, 2.45) is 0 Å². The monoisotopic (exact) mass is 453 g/mol. The summed E-state index contributed by atoms with van der Waals surface area (Å²) in [7, 11) is 3.03. The average Bonchev–Trinajstić information content (AvgIpc) is 3.45. The first-order chi connectivity index (χ1) is 15.2. The van der Waals surface area contributed by atoms with Gasteiger partial charge < -0.3 is 24.5 Å². The van der Waals surface area contributed by atoms with E-state index in [-0.39, 0.29) is 5.97 Å². The van der Waals surface area contributed by atoms with E-state index in [2.05, 4.69) is 39.4 Å². The number of hydrogen-bond donors (Lipinski definition) is 3.